The first-order chi connectivity index (χ1) is 11.8. The number of benzene rings is 2. The van der Waals surface area contributed by atoms with Gasteiger partial charge < -0.3 is 9.47 Å². The Morgan fingerprint density at radius 3 is 2.52 bits per heavy atom. The molecule has 0 atom stereocenters. The lowest BCUT2D eigenvalue weighted by Gasteiger charge is -2.14. The predicted molar refractivity (Wildman–Crippen MR) is 94.2 cm³/mol. The summed E-state index contributed by atoms with van der Waals surface area (Å²) in [4.78, 5) is -0.238. The van der Waals surface area contributed by atoms with Gasteiger partial charge in [0.05, 0.1) is 7.11 Å². The van der Waals surface area contributed by atoms with Crippen LogP contribution in [-0.4, -0.2) is 28.7 Å². The molecule has 0 saturated carbocycles. The number of nitrogens with one attached hydrogen (secondary N) is 1. The molecule has 5 nitrogen and oxygen atoms in total. The fraction of sp³-hybridized carbons (Fsp3) is 0.333. The first-order valence-electron chi connectivity index (χ1n) is 7.90. The van der Waals surface area contributed by atoms with Gasteiger partial charge in [0.25, 0.3) is 0 Å². The van der Waals surface area contributed by atoms with Crippen LogP contribution in [0.2, 0.25) is 0 Å². The van der Waals surface area contributed by atoms with Gasteiger partial charge in [0.2, 0.25) is 10.0 Å². The summed E-state index contributed by atoms with van der Waals surface area (Å²) < 4.78 is 51.1. The molecule has 2 aromatic carbocycles. The van der Waals surface area contributed by atoms with Crippen molar-refractivity contribution >= 4 is 10.0 Å². The average Bonchev–Trinajstić information content (AvgIpc) is 2.59. The van der Waals surface area contributed by atoms with Crippen molar-refractivity contribution in [3.05, 3.63) is 53.8 Å². The van der Waals surface area contributed by atoms with Crippen LogP contribution in [0, 0.1) is 5.82 Å². The summed E-state index contributed by atoms with van der Waals surface area (Å²) in [6.45, 7) is 4.32. The number of hydrogen-bond acceptors (Lipinski definition) is 4. The number of methoxy groups -OCH3 is 1. The van der Waals surface area contributed by atoms with Gasteiger partial charge in [-0.1, -0.05) is 32.0 Å². The lowest BCUT2D eigenvalue weighted by atomic mass is 10.0. The maximum atomic E-state index is 13.4. The second-order valence-corrected chi connectivity index (χ2v) is 7.47. The van der Waals surface area contributed by atoms with Crippen molar-refractivity contribution < 1.29 is 22.3 Å². The van der Waals surface area contributed by atoms with E-state index in [4.69, 9.17) is 9.47 Å². The Bertz CT molecular complexity index is 822. The SMILES string of the molecule is COc1ccc(F)cc1S(=O)(=O)NCCOc1ccccc1C(C)C. The molecule has 1 N–H and O–H groups in total. The molecule has 7 heteroatoms. The molecule has 0 fully saturated rings. The topological polar surface area (TPSA) is 64.6 Å². The standard InChI is InChI=1S/C18H22FNO4S/c1-13(2)15-6-4-5-7-16(15)24-11-10-20-25(21,22)18-12-14(19)8-9-17(18)23-3/h4-9,12-13,20H,10-11H2,1-3H3. The first-order valence-corrected chi connectivity index (χ1v) is 9.38. The highest BCUT2D eigenvalue weighted by Crippen LogP contribution is 2.26. The number of rotatable bonds is 8. The smallest absolute Gasteiger partial charge is 0.244 e. The average molecular weight is 367 g/mol. The Kier molecular flexibility index (Phi) is 6.39. The molecule has 0 aliphatic carbocycles. The Morgan fingerprint density at radius 1 is 1.12 bits per heavy atom. The molecule has 0 heterocycles. The Labute approximate surface area is 147 Å². The van der Waals surface area contributed by atoms with Crippen molar-refractivity contribution in [1.82, 2.24) is 4.72 Å². The Hall–Kier alpha value is -2.12. The Morgan fingerprint density at radius 2 is 1.84 bits per heavy atom. The summed E-state index contributed by atoms with van der Waals surface area (Å²) in [6.07, 6.45) is 0. The van der Waals surface area contributed by atoms with E-state index in [0.717, 1.165) is 23.4 Å². The minimum Gasteiger partial charge on any atom is -0.495 e. The van der Waals surface area contributed by atoms with E-state index in [1.165, 1.54) is 13.2 Å². The van der Waals surface area contributed by atoms with E-state index < -0.39 is 15.8 Å². The highest BCUT2D eigenvalue weighted by Gasteiger charge is 2.20. The number of hydrogen-bond donors (Lipinski definition) is 1. The molecular weight excluding hydrogens is 345 g/mol. The molecule has 0 amide bonds. The summed E-state index contributed by atoms with van der Waals surface area (Å²) in [5.74, 6) is 0.452. The highest BCUT2D eigenvalue weighted by atomic mass is 32.2. The maximum Gasteiger partial charge on any atom is 0.244 e. The van der Waals surface area contributed by atoms with Crippen LogP contribution in [-0.2, 0) is 10.0 Å². The van der Waals surface area contributed by atoms with E-state index in [9.17, 15) is 12.8 Å². The van der Waals surface area contributed by atoms with Gasteiger partial charge in [-0.15, -0.1) is 0 Å². The third-order valence-electron chi connectivity index (χ3n) is 3.61. The van der Waals surface area contributed by atoms with Crippen LogP contribution in [0.4, 0.5) is 4.39 Å². The van der Waals surface area contributed by atoms with Crippen LogP contribution >= 0.6 is 0 Å². The molecule has 25 heavy (non-hydrogen) atoms. The monoisotopic (exact) mass is 367 g/mol. The summed E-state index contributed by atoms with van der Waals surface area (Å²) in [5, 5.41) is 0. The maximum absolute atomic E-state index is 13.4. The highest BCUT2D eigenvalue weighted by molar-refractivity contribution is 7.89. The fourth-order valence-corrected chi connectivity index (χ4v) is 3.56. The van der Waals surface area contributed by atoms with Gasteiger partial charge >= 0.3 is 0 Å². The van der Waals surface area contributed by atoms with E-state index in [0.29, 0.717) is 5.92 Å². The van der Waals surface area contributed by atoms with Gasteiger partial charge in [-0.25, -0.2) is 17.5 Å². The van der Waals surface area contributed by atoms with Crippen molar-refractivity contribution in [3.63, 3.8) is 0 Å². The van der Waals surface area contributed by atoms with Crippen LogP contribution in [0.1, 0.15) is 25.3 Å². The third-order valence-corrected chi connectivity index (χ3v) is 5.09. The summed E-state index contributed by atoms with van der Waals surface area (Å²) >= 11 is 0. The van der Waals surface area contributed by atoms with Gasteiger partial charge in [0.15, 0.2) is 0 Å². The zero-order valence-corrected chi connectivity index (χ0v) is 15.3. The fourth-order valence-electron chi connectivity index (χ4n) is 2.36. The minimum atomic E-state index is -3.90. The van der Waals surface area contributed by atoms with Crippen LogP contribution in [0.5, 0.6) is 11.5 Å². The molecule has 0 saturated heterocycles. The number of halogens is 1. The molecule has 0 unspecified atom stereocenters. The van der Waals surface area contributed by atoms with E-state index in [2.05, 4.69) is 18.6 Å². The Balaban J connectivity index is 2.01. The molecule has 0 aliphatic heterocycles. The van der Waals surface area contributed by atoms with Crippen molar-refractivity contribution in [1.29, 1.82) is 0 Å². The third kappa shape index (κ3) is 4.93. The van der Waals surface area contributed by atoms with E-state index >= 15 is 0 Å². The van der Waals surface area contributed by atoms with Crippen molar-refractivity contribution in [2.24, 2.45) is 0 Å². The van der Waals surface area contributed by atoms with E-state index in [1.807, 2.05) is 24.3 Å². The molecular formula is C18H22FNO4S. The summed E-state index contributed by atoms with van der Waals surface area (Å²) in [7, 11) is -2.57. The first kappa shape index (κ1) is 19.2. The number of para-hydroxylation sites is 1. The van der Waals surface area contributed by atoms with Crippen LogP contribution in [0.25, 0.3) is 0 Å². The molecule has 2 rings (SSSR count). The molecule has 2 aromatic rings. The minimum absolute atomic E-state index is 0.0500. The van der Waals surface area contributed by atoms with Gasteiger partial charge in [0.1, 0.15) is 28.8 Å². The quantitative estimate of drug-likeness (QED) is 0.727. The van der Waals surface area contributed by atoms with Crippen LogP contribution in [0.3, 0.4) is 0 Å². The zero-order chi connectivity index (χ0) is 18.4. The van der Waals surface area contributed by atoms with Crippen LogP contribution in [0.15, 0.2) is 47.4 Å². The molecule has 0 radical (unpaired) electrons. The second kappa shape index (κ2) is 8.31. The normalized spacial score (nSPS) is 11.6. The number of sulfonamides is 1. The van der Waals surface area contributed by atoms with Gasteiger partial charge in [-0.3, -0.25) is 0 Å². The van der Waals surface area contributed by atoms with Gasteiger partial charge in [0, 0.05) is 6.54 Å². The summed E-state index contributed by atoms with van der Waals surface area (Å²) in [6, 6.07) is 11.0. The lowest BCUT2D eigenvalue weighted by Crippen LogP contribution is -2.28. The zero-order valence-electron chi connectivity index (χ0n) is 14.5. The largest absolute Gasteiger partial charge is 0.495 e. The van der Waals surface area contributed by atoms with Crippen molar-refractivity contribution in [2.45, 2.75) is 24.7 Å². The summed E-state index contributed by atoms with van der Waals surface area (Å²) in [5.41, 5.74) is 1.05. The molecule has 0 aliphatic rings. The van der Waals surface area contributed by atoms with Crippen molar-refractivity contribution in [2.75, 3.05) is 20.3 Å². The molecule has 136 valence electrons. The second-order valence-electron chi connectivity index (χ2n) is 5.73. The van der Waals surface area contributed by atoms with E-state index in [1.54, 1.807) is 0 Å². The molecule has 0 bridgehead atoms. The van der Waals surface area contributed by atoms with Gasteiger partial charge in [-0.2, -0.15) is 0 Å². The predicted octanol–water partition coefficient (Wildman–Crippen LogP) is 3.32. The molecule has 0 aromatic heterocycles. The lowest BCUT2D eigenvalue weighted by molar-refractivity contribution is 0.318. The van der Waals surface area contributed by atoms with Gasteiger partial charge in [-0.05, 0) is 35.7 Å². The molecule has 0 spiro atoms. The van der Waals surface area contributed by atoms with Crippen molar-refractivity contribution in [3.8, 4) is 11.5 Å². The van der Waals surface area contributed by atoms with E-state index in [-0.39, 0.29) is 23.8 Å². The van der Waals surface area contributed by atoms with Crippen LogP contribution < -0.4 is 14.2 Å². The number of ether oxygens (including phenoxy) is 2.